The average Bonchev–Trinajstić information content (AvgIpc) is 3.06. The second-order valence-electron chi connectivity index (χ2n) is 6.73. The van der Waals surface area contributed by atoms with Gasteiger partial charge in [0.05, 0.1) is 17.6 Å². The van der Waals surface area contributed by atoms with Crippen LogP contribution in [0.15, 0.2) is 36.4 Å². The molecule has 0 saturated heterocycles. The first-order chi connectivity index (χ1) is 13.3. The van der Waals surface area contributed by atoms with E-state index in [-0.39, 0.29) is 48.3 Å². The van der Waals surface area contributed by atoms with Crippen molar-refractivity contribution in [2.75, 3.05) is 29.0 Å². The summed E-state index contributed by atoms with van der Waals surface area (Å²) in [5.41, 5.74) is 9.53. The summed E-state index contributed by atoms with van der Waals surface area (Å²) in [6.45, 7) is 0.865. The fourth-order valence-electron chi connectivity index (χ4n) is 3.49. The van der Waals surface area contributed by atoms with E-state index in [1.807, 2.05) is 23.1 Å². The van der Waals surface area contributed by atoms with Crippen LogP contribution in [-0.4, -0.2) is 29.0 Å². The zero-order valence-corrected chi connectivity index (χ0v) is 17.3. The summed E-state index contributed by atoms with van der Waals surface area (Å²) in [4.78, 5) is 20.2. The van der Waals surface area contributed by atoms with Crippen LogP contribution in [0.2, 0.25) is 0 Å². The van der Waals surface area contributed by atoms with Crippen LogP contribution in [0.4, 0.5) is 30.2 Å². The molecular weight excluding hydrogens is 442 g/mol. The maximum absolute atomic E-state index is 12.8. The predicted molar refractivity (Wildman–Crippen MR) is 116 cm³/mol. The van der Waals surface area contributed by atoms with Gasteiger partial charge in [-0.15, -0.1) is 24.8 Å². The third-order valence-electron chi connectivity index (χ3n) is 4.75. The fourth-order valence-corrected chi connectivity index (χ4v) is 3.49. The minimum atomic E-state index is -4.55. The van der Waals surface area contributed by atoms with Crippen molar-refractivity contribution in [3.05, 3.63) is 47.8 Å². The van der Waals surface area contributed by atoms with Crippen molar-refractivity contribution in [1.82, 2.24) is 9.97 Å². The lowest BCUT2D eigenvalue weighted by Crippen LogP contribution is -2.37. The Morgan fingerprint density at radius 3 is 2.73 bits per heavy atom. The largest absolute Gasteiger partial charge is 0.449 e. The number of rotatable bonds is 3. The number of aromatic nitrogens is 2. The lowest BCUT2D eigenvalue weighted by atomic mass is 10.00. The number of anilines is 3. The number of halogens is 5. The van der Waals surface area contributed by atoms with Crippen LogP contribution in [0.1, 0.15) is 17.8 Å². The number of hydrogen-bond acceptors (Lipinski definition) is 4. The van der Waals surface area contributed by atoms with Crippen molar-refractivity contribution in [3.8, 4) is 0 Å². The summed E-state index contributed by atoms with van der Waals surface area (Å²) in [6, 6.07) is 10.0. The van der Waals surface area contributed by atoms with Gasteiger partial charge in [0.15, 0.2) is 0 Å². The first-order valence-corrected chi connectivity index (χ1v) is 8.80. The van der Waals surface area contributed by atoms with Crippen LogP contribution in [0, 0.1) is 0 Å². The van der Waals surface area contributed by atoms with Crippen LogP contribution in [-0.2, 0) is 17.4 Å². The minimum Gasteiger partial charge on any atom is -0.398 e. The Kier molecular flexibility index (Phi) is 7.10. The standard InChI is InChI=1S/C19H18F3N5O.2ClH/c20-19(21,22)18-25-14-7-6-11(9-15(14)26-18)24-17(28)10-27-8-2-3-12-13(23)4-1-5-16(12)27;;/h1,4-7,9H,2-3,8,10,23H2,(H,24,28)(H,25,26);2*1H. The number of amides is 1. The highest BCUT2D eigenvalue weighted by molar-refractivity contribution is 5.96. The zero-order chi connectivity index (χ0) is 19.9. The molecule has 1 amide bonds. The second-order valence-corrected chi connectivity index (χ2v) is 6.73. The quantitative estimate of drug-likeness (QED) is 0.504. The van der Waals surface area contributed by atoms with Gasteiger partial charge in [0.25, 0.3) is 0 Å². The van der Waals surface area contributed by atoms with E-state index in [1.165, 1.54) is 18.2 Å². The number of nitrogen functional groups attached to an aromatic ring is 1. The molecule has 1 aliphatic heterocycles. The summed E-state index contributed by atoms with van der Waals surface area (Å²) in [5, 5.41) is 2.73. The molecular formula is C19H20Cl2F3N5O. The number of nitrogens with zero attached hydrogens (tertiary/aromatic N) is 2. The van der Waals surface area contributed by atoms with Crippen LogP contribution in [0.25, 0.3) is 11.0 Å². The molecule has 1 aliphatic rings. The van der Waals surface area contributed by atoms with Gasteiger partial charge in [-0.2, -0.15) is 13.2 Å². The second kappa shape index (κ2) is 9.01. The molecule has 0 unspecified atom stereocenters. The first-order valence-electron chi connectivity index (χ1n) is 8.80. The number of nitrogens with two attached hydrogens (primary N) is 1. The van der Waals surface area contributed by atoms with Crippen LogP contribution in [0.5, 0.6) is 0 Å². The van der Waals surface area contributed by atoms with Gasteiger partial charge in [0.2, 0.25) is 11.7 Å². The Balaban J connectivity index is 0.00000160. The molecule has 0 radical (unpaired) electrons. The molecule has 162 valence electrons. The van der Waals surface area contributed by atoms with Gasteiger partial charge in [-0.25, -0.2) is 4.98 Å². The Morgan fingerprint density at radius 2 is 2.00 bits per heavy atom. The third kappa shape index (κ3) is 4.73. The highest BCUT2D eigenvalue weighted by atomic mass is 35.5. The highest BCUT2D eigenvalue weighted by Gasteiger charge is 2.34. The molecule has 6 nitrogen and oxygen atoms in total. The molecule has 0 saturated carbocycles. The topological polar surface area (TPSA) is 87.0 Å². The van der Waals surface area contributed by atoms with Gasteiger partial charge in [-0.1, -0.05) is 6.07 Å². The highest BCUT2D eigenvalue weighted by Crippen LogP contribution is 2.31. The monoisotopic (exact) mass is 461 g/mol. The number of alkyl halides is 3. The Bertz CT molecular complexity index is 1050. The number of benzene rings is 2. The molecule has 4 rings (SSSR count). The summed E-state index contributed by atoms with van der Waals surface area (Å²) in [7, 11) is 0. The van der Waals surface area contributed by atoms with Gasteiger partial charge in [-0.05, 0) is 48.7 Å². The van der Waals surface area contributed by atoms with E-state index in [0.29, 0.717) is 11.4 Å². The Hall–Kier alpha value is -2.65. The van der Waals surface area contributed by atoms with E-state index < -0.39 is 12.0 Å². The number of fused-ring (bicyclic) bond motifs is 2. The van der Waals surface area contributed by atoms with Gasteiger partial charge in [0, 0.05) is 23.6 Å². The third-order valence-corrected chi connectivity index (χ3v) is 4.75. The van der Waals surface area contributed by atoms with Crippen molar-refractivity contribution in [1.29, 1.82) is 0 Å². The molecule has 1 aromatic heterocycles. The lowest BCUT2D eigenvalue weighted by molar-refractivity contribution is -0.144. The molecule has 0 aliphatic carbocycles. The molecule has 0 bridgehead atoms. The first kappa shape index (κ1) is 23.6. The summed E-state index contributed by atoms with van der Waals surface area (Å²) < 4.78 is 38.3. The van der Waals surface area contributed by atoms with Gasteiger partial charge >= 0.3 is 6.18 Å². The van der Waals surface area contributed by atoms with Crippen molar-refractivity contribution in [3.63, 3.8) is 0 Å². The summed E-state index contributed by atoms with van der Waals surface area (Å²) >= 11 is 0. The predicted octanol–water partition coefficient (Wildman–Crippen LogP) is 4.40. The number of nitrogens with one attached hydrogen (secondary N) is 2. The van der Waals surface area contributed by atoms with E-state index >= 15 is 0 Å². The van der Waals surface area contributed by atoms with Gasteiger partial charge < -0.3 is 20.9 Å². The summed E-state index contributed by atoms with van der Waals surface area (Å²) in [5.74, 6) is -1.32. The van der Waals surface area contributed by atoms with E-state index in [4.69, 9.17) is 5.73 Å². The smallest absolute Gasteiger partial charge is 0.398 e. The lowest BCUT2D eigenvalue weighted by Gasteiger charge is -2.31. The van der Waals surface area contributed by atoms with Gasteiger partial charge in [-0.3, -0.25) is 4.79 Å². The van der Waals surface area contributed by atoms with E-state index in [2.05, 4.69) is 15.3 Å². The molecule has 30 heavy (non-hydrogen) atoms. The zero-order valence-electron chi connectivity index (χ0n) is 15.6. The normalized spacial score (nSPS) is 13.2. The molecule has 11 heteroatoms. The van der Waals surface area contributed by atoms with Crippen LogP contribution in [0.3, 0.4) is 0 Å². The minimum absolute atomic E-state index is 0. The molecule has 3 aromatic rings. The number of H-pyrrole nitrogens is 1. The molecule has 0 atom stereocenters. The molecule has 2 aromatic carbocycles. The maximum Gasteiger partial charge on any atom is 0.449 e. The SMILES string of the molecule is Cl.Cl.Nc1cccc2c1CCCN2CC(=O)Nc1ccc2nc(C(F)(F)F)[nH]c2c1. The summed E-state index contributed by atoms with van der Waals surface area (Å²) in [6.07, 6.45) is -2.78. The Labute approximate surface area is 182 Å². The van der Waals surface area contributed by atoms with E-state index in [1.54, 1.807) is 0 Å². The molecule has 2 heterocycles. The number of hydrogen-bond donors (Lipinski definition) is 3. The maximum atomic E-state index is 12.8. The number of aromatic amines is 1. The van der Waals surface area contributed by atoms with E-state index in [0.717, 1.165) is 30.6 Å². The molecule has 4 N–H and O–H groups in total. The van der Waals surface area contributed by atoms with Crippen molar-refractivity contribution in [2.45, 2.75) is 19.0 Å². The molecule has 0 fully saturated rings. The van der Waals surface area contributed by atoms with E-state index in [9.17, 15) is 18.0 Å². The van der Waals surface area contributed by atoms with Crippen molar-refractivity contribution >= 4 is 58.8 Å². The number of carbonyl (C=O) groups excluding carboxylic acids is 1. The average molecular weight is 462 g/mol. The van der Waals surface area contributed by atoms with Crippen molar-refractivity contribution in [2.24, 2.45) is 0 Å². The van der Waals surface area contributed by atoms with Gasteiger partial charge in [0.1, 0.15) is 0 Å². The molecule has 0 spiro atoms. The van der Waals surface area contributed by atoms with Crippen LogP contribution >= 0.6 is 24.8 Å². The fraction of sp³-hybridized carbons (Fsp3) is 0.263. The van der Waals surface area contributed by atoms with Crippen molar-refractivity contribution < 1.29 is 18.0 Å². The Morgan fingerprint density at radius 1 is 1.23 bits per heavy atom. The number of imidazole rings is 1. The number of carbonyl (C=O) groups is 1. The van der Waals surface area contributed by atoms with Crippen LogP contribution < -0.4 is 16.0 Å².